The quantitative estimate of drug-likeness (QED) is 0.628. The third kappa shape index (κ3) is 3.29. The van der Waals surface area contributed by atoms with Gasteiger partial charge in [0.15, 0.2) is 16.6 Å². The van der Waals surface area contributed by atoms with Gasteiger partial charge < -0.3 is 9.80 Å². The lowest BCUT2D eigenvalue weighted by Gasteiger charge is -2.32. The molecule has 0 atom stereocenters. The van der Waals surface area contributed by atoms with Crippen LogP contribution in [0.5, 0.6) is 0 Å². The van der Waals surface area contributed by atoms with Gasteiger partial charge in [-0.3, -0.25) is 0 Å². The summed E-state index contributed by atoms with van der Waals surface area (Å²) in [4.78, 5) is 22.3. The summed E-state index contributed by atoms with van der Waals surface area (Å²) in [6.45, 7) is 11.3. The highest BCUT2D eigenvalue weighted by Gasteiger charge is 2.17. The van der Waals surface area contributed by atoms with Crippen molar-refractivity contribution in [1.29, 1.82) is 0 Å². The van der Waals surface area contributed by atoms with Crippen LogP contribution in [0.1, 0.15) is 5.82 Å². The van der Waals surface area contributed by atoms with Crippen LogP contribution < -0.4 is 4.90 Å². The fourth-order valence-corrected chi connectivity index (χ4v) is 2.76. The molecule has 0 aliphatic carbocycles. The molecule has 0 spiro atoms. The van der Waals surface area contributed by atoms with E-state index in [1.54, 1.807) is 24.4 Å². The first-order valence-corrected chi connectivity index (χ1v) is 8.09. The maximum atomic E-state index is 6.26. The van der Waals surface area contributed by atoms with Crippen LogP contribution in [0.25, 0.3) is 16.7 Å². The van der Waals surface area contributed by atoms with Gasteiger partial charge >= 0.3 is 0 Å². The predicted molar refractivity (Wildman–Crippen MR) is 98.2 cm³/mol. The summed E-state index contributed by atoms with van der Waals surface area (Å²) in [5, 5.41) is 0.282. The zero-order chi connectivity index (χ0) is 17.1. The zero-order valence-corrected chi connectivity index (χ0v) is 14.4. The number of aromatic nitrogens is 4. The van der Waals surface area contributed by atoms with Gasteiger partial charge in [0.1, 0.15) is 11.3 Å². The van der Waals surface area contributed by atoms with Crippen molar-refractivity contribution in [2.24, 2.45) is 0 Å². The summed E-state index contributed by atoms with van der Waals surface area (Å²) < 4.78 is 0. The Hall–Kier alpha value is -2.31. The van der Waals surface area contributed by atoms with E-state index in [0.717, 1.165) is 37.6 Å². The Balaban J connectivity index is 2.03. The van der Waals surface area contributed by atoms with Crippen LogP contribution in [-0.2, 0) is 0 Å². The van der Waals surface area contributed by atoms with Gasteiger partial charge in [0.2, 0.25) is 0 Å². The van der Waals surface area contributed by atoms with Gasteiger partial charge in [-0.15, -0.1) is 0 Å². The summed E-state index contributed by atoms with van der Waals surface area (Å²) in [5.41, 5.74) is 1.72. The van der Waals surface area contributed by atoms with Gasteiger partial charge in [0.25, 0.3) is 0 Å². The molecule has 0 saturated carbocycles. The van der Waals surface area contributed by atoms with Crippen LogP contribution in [0.3, 0.4) is 0 Å². The maximum Gasteiger partial charge on any atom is 0.185 e. The summed E-state index contributed by atoms with van der Waals surface area (Å²) in [5.74, 6) is 1.27. The molecular formula is C17H19ClN6. The number of likely N-dealkylation sites (N-methyl/N-ethyl adjacent to an activating group) is 1. The highest BCUT2D eigenvalue weighted by atomic mass is 35.5. The molecule has 2 aromatic rings. The Morgan fingerprint density at radius 3 is 2.58 bits per heavy atom. The van der Waals surface area contributed by atoms with Crippen molar-refractivity contribution < 1.29 is 0 Å². The van der Waals surface area contributed by atoms with Gasteiger partial charge in [-0.05, 0) is 7.05 Å². The number of fused-ring (bicyclic) bond motifs is 1. The highest BCUT2D eigenvalue weighted by molar-refractivity contribution is 6.33. The number of hydrogen-bond acceptors (Lipinski definition) is 6. The smallest absolute Gasteiger partial charge is 0.185 e. The number of hydrogen-bond donors (Lipinski definition) is 0. The molecule has 3 heterocycles. The highest BCUT2D eigenvalue weighted by Crippen LogP contribution is 2.23. The van der Waals surface area contributed by atoms with Gasteiger partial charge in [-0.1, -0.05) is 43.0 Å². The van der Waals surface area contributed by atoms with Gasteiger partial charge in [-0.25, -0.2) is 19.9 Å². The van der Waals surface area contributed by atoms with E-state index in [-0.39, 0.29) is 5.15 Å². The van der Waals surface area contributed by atoms with Crippen molar-refractivity contribution in [2.45, 2.75) is 0 Å². The first-order valence-electron chi connectivity index (χ1n) is 7.71. The largest absolute Gasteiger partial charge is 0.353 e. The van der Waals surface area contributed by atoms with Crippen molar-refractivity contribution >= 4 is 34.2 Å². The molecule has 6 nitrogen and oxygen atoms in total. The SMILES string of the molecule is C=C/C=C(\C=C)c1nc(Cl)c2ncc(N3CCN(C)CC3)nc2n1. The van der Waals surface area contributed by atoms with E-state index in [0.29, 0.717) is 17.0 Å². The normalized spacial score (nSPS) is 16.4. The maximum absolute atomic E-state index is 6.26. The molecule has 1 fully saturated rings. The molecule has 1 aliphatic rings. The molecule has 2 aromatic heterocycles. The van der Waals surface area contributed by atoms with Crippen LogP contribution in [0.15, 0.2) is 37.6 Å². The molecule has 0 unspecified atom stereocenters. The Bertz CT molecular complexity index is 808. The van der Waals surface area contributed by atoms with Crippen molar-refractivity contribution in [3.05, 3.63) is 48.6 Å². The molecule has 1 saturated heterocycles. The number of allylic oxidation sites excluding steroid dienone is 4. The molecule has 0 bridgehead atoms. The molecular weight excluding hydrogens is 324 g/mol. The minimum absolute atomic E-state index is 0.282. The Morgan fingerprint density at radius 1 is 1.17 bits per heavy atom. The Morgan fingerprint density at radius 2 is 1.92 bits per heavy atom. The lowest BCUT2D eigenvalue weighted by Crippen LogP contribution is -2.44. The van der Waals surface area contributed by atoms with Crippen molar-refractivity contribution in [1.82, 2.24) is 24.8 Å². The van der Waals surface area contributed by atoms with Crippen LogP contribution >= 0.6 is 11.6 Å². The first-order chi connectivity index (χ1) is 11.6. The van der Waals surface area contributed by atoms with Gasteiger partial charge in [0.05, 0.1) is 6.20 Å². The minimum atomic E-state index is 0.282. The number of rotatable bonds is 4. The molecule has 0 radical (unpaired) electrons. The number of nitrogens with zero attached hydrogens (tertiary/aromatic N) is 6. The van der Waals surface area contributed by atoms with E-state index >= 15 is 0 Å². The van der Waals surface area contributed by atoms with E-state index in [2.05, 4.69) is 49.9 Å². The van der Waals surface area contributed by atoms with Gasteiger partial charge in [-0.2, -0.15) is 0 Å². The van der Waals surface area contributed by atoms with Crippen molar-refractivity contribution in [2.75, 3.05) is 38.1 Å². The fraction of sp³-hybridized carbons (Fsp3) is 0.294. The molecule has 0 amide bonds. The van der Waals surface area contributed by atoms with Crippen LogP contribution in [0.2, 0.25) is 5.15 Å². The Labute approximate surface area is 146 Å². The first kappa shape index (κ1) is 16.5. The number of halogens is 1. The average molecular weight is 343 g/mol. The molecule has 1 aliphatic heterocycles. The minimum Gasteiger partial charge on any atom is -0.353 e. The second-order valence-corrected chi connectivity index (χ2v) is 5.95. The lowest BCUT2D eigenvalue weighted by atomic mass is 10.2. The molecule has 24 heavy (non-hydrogen) atoms. The van der Waals surface area contributed by atoms with E-state index in [1.807, 2.05) is 0 Å². The Kier molecular flexibility index (Phi) is 4.87. The van der Waals surface area contributed by atoms with Gasteiger partial charge in [0, 0.05) is 31.8 Å². The molecule has 0 aromatic carbocycles. The third-order valence-electron chi connectivity index (χ3n) is 3.96. The molecule has 7 heteroatoms. The van der Waals surface area contributed by atoms with E-state index in [1.165, 1.54) is 0 Å². The average Bonchev–Trinajstić information content (AvgIpc) is 2.59. The van der Waals surface area contributed by atoms with Crippen molar-refractivity contribution in [3.8, 4) is 0 Å². The second kappa shape index (κ2) is 7.07. The van der Waals surface area contributed by atoms with Crippen molar-refractivity contribution in [3.63, 3.8) is 0 Å². The lowest BCUT2D eigenvalue weighted by molar-refractivity contribution is 0.312. The monoisotopic (exact) mass is 342 g/mol. The molecule has 124 valence electrons. The standard InChI is InChI=1S/C17H19ClN6/c1-4-6-12(5-2)16-21-15(18)14-17(22-16)20-13(11-19-14)24-9-7-23(3)8-10-24/h4-6,11H,1-2,7-10H2,3H3/b12-6+. The van der Waals surface area contributed by atoms with E-state index in [9.17, 15) is 0 Å². The zero-order valence-electron chi connectivity index (χ0n) is 13.6. The topological polar surface area (TPSA) is 58.0 Å². The summed E-state index contributed by atoms with van der Waals surface area (Å²) in [7, 11) is 2.12. The summed E-state index contributed by atoms with van der Waals surface area (Å²) in [6.07, 6.45) is 6.83. The number of piperazine rings is 1. The van der Waals surface area contributed by atoms with E-state index < -0.39 is 0 Å². The van der Waals surface area contributed by atoms with Crippen LogP contribution in [0.4, 0.5) is 5.82 Å². The summed E-state index contributed by atoms with van der Waals surface area (Å²) in [6, 6.07) is 0. The number of anilines is 1. The summed E-state index contributed by atoms with van der Waals surface area (Å²) >= 11 is 6.26. The molecule has 0 N–H and O–H groups in total. The van der Waals surface area contributed by atoms with E-state index in [4.69, 9.17) is 11.6 Å². The van der Waals surface area contributed by atoms with Crippen LogP contribution in [0, 0.1) is 0 Å². The molecule has 3 rings (SSSR count). The third-order valence-corrected chi connectivity index (χ3v) is 4.22. The fourth-order valence-electron chi connectivity index (χ4n) is 2.54. The second-order valence-electron chi connectivity index (χ2n) is 5.59. The predicted octanol–water partition coefficient (Wildman–Crippen LogP) is 2.58. The van der Waals surface area contributed by atoms with Crippen LogP contribution in [-0.4, -0.2) is 58.1 Å².